The van der Waals surface area contributed by atoms with E-state index in [1.165, 1.54) is 16.8 Å². The lowest BCUT2D eigenvalue weighted by Crippen LogP contribution is -2.27. The fourth-order valence-electron chi connectivity index (χ4n) is 3.92. The maximum atomic E-state index is 4.48. The Kier molecular flexibility index (Phi) is 6.60. The highest BCUT2D eigenvalue weighted by Gasteiger charge is 2.17. The molecule has 0 atom stereocenters. The summed E-state index contributed by atoms with van der Waals surface area (Å²) in [6.45, 7) is 4.00. The molecule has 5 nitrogen and oxygen atoms in total. The summed E-state index contributed by atoms with van der Waals surface area (Å²) in [7, 11) is 4.13. The molecular weight excluding hydrogens is 370 g/mol. The van der Waals surface area contributed by atoms with E-state index >= 15 is 0 Å². The summed E-state index contributed by atoms with van der Waals surface area (Å²) < 4.78 is 2.34. The molecule has 3 aromatic rings. The van der Waals surface area contributed by atoms with E-state index in [4.69, 9.17) is 0 Å². The smallest absolute Gasteiger partial charge is 0.134 e. The Hall–Kier alpha value is -2.92. The minimum atomic E-state index is 0.944. The van der Waals surface area contributed by atoms with Gasteiger partial charge in [0.1, 0.15) is 11.6 Å². The fourth-order valence-corrected chi connectivity index (χ4v) is 3.92. The SMILES string of the molecule is CN(C)c1ccc(C=CCN2CCc3nnc(CCc4ccccc4)n3CC2)cc1. The zero-order chi connectivity index (χ0) is 20.8. The standard InChI is InChI=1S/C25H31N5/c1-28(2)23-13-10-22(11-14-23)9-6-17-29-18-16-25-27-26-24(30(25)20-19-29)15-12-21-7-4-3-5-8-21/h3-11,13-14H,12,15-20H2,1-2H3. The van der Waals surface area contributed by atoms with Gasteiger partial charge in [-0.25, -0.2) is 0 Å². The fraction of sp³-hybridized carbons (Fsp3) is 0.360. The lowest BCUT2D eigenvalue weighted by Gasteiger charge is -2.17. The van der Waals surface area contributed by atoms with Crippen molar-refractivity contribution in [3.8, 4) is 0 Å². The van der Waals surface area contributed by atoms with Crippen LogP contribution in [0, 0.1) is 0 Å². The molecule has 2 heterocycles. The van der Waals surface area contributed by atoms with Crippen LogP contribution in [0.3, 0.4) is 0 Å². The van der Waals surface area contributed by atoms with Gasteiger partial charge in [-0.2, -0.15) is 0 Å². The molecule has 0 saturated heterocycles. The van der Waals surface area contributed by atoms with Gasteiger partial charge in [-0.3, -0.25) is 4.90 Å². The molecule has 0 fully saturated rings. The molecule has 0 unspecified atom stereocenters. The maximum Gasteiger partial charge on any atom is 0.134 e. The van der Waals surface area contributed by atoms with Gasteiger partial charge < -0.3 is 9.47 Å². The van der Waals surface area contributed by atoms with Gasteiger partial charge in [-0.15, -0.1) is 10.2 Å². The van der Waals surface area contributed by atoms with Crippen LogP contribution in [0.1, 0.15) is 22.8 Å². The zero-order valence-electron chi connectivity index (χ0n) is 18.0. The van der Waals surface area contributed by atoms with Crippen LogP contribution in [0.2, 0.25) is 0 Å². The van der Waals surface area contributed by atoms with E-state index in [1.54, 1.807) is 0 Å². The van der Waals surface area contributed by atoms with Crippen molar-refractivity contribution < 1.29 is 0 Å². The Morgan fingerprint density at radius 1 is 0.900 bits per heavy atom. The van der Waals surface area contributed by atoms with E-state index in [1.807, 2.05) is 0 Å². The Morgan fingerprint density at radius 2 is 1.70 bits per heavy atom. The van der Waals surface area contributed by atoms with Crippen molar-refractivity contribution in [2.24, 2.45) is 0 Å². The molecule has 0 saturated carbocycles. The van der Waals surface area contributed by atoms with Gasteiger partial charge in [0.15, 0.2) is 0 Å². The zero-order valence-corrected chi connectivity index (χ0v) is 18.0. The van der Waals surface area contributed by atoms with Gasteiger partial charge in [0.25, 0.3) is 0 Å². The first kappa shape index (κ1) is 20.4. The predicted octanol–water partition coefficient (Wildman–Crippen LogP) is 3.70. The lowest BCUT2D eigenvalue weighted by molar-refractivity contribution is 0.308. The number of benzene rings is 2. The highest BCUT2D eigenvalue weighted by Crippen LogP contribution is 2.14. The minimum Gasteiger partial charge on any atom is -0.378 e. The molecule has 1 aliphatic heterocycles. The van der Waals surface area contributed by atoms with Gasteiger partial charge in [-0.05, 0) is 29.7 Å². The molecule has 0 radical (unpaired) electrons. The molecule has 4 rings (SSSR count). The van der Waals surface area contributed by atoms with Crippen LogP contribution in [-0.4, -0.2) is 53.4 Å². The van der Waals surface area contributed by atoms with Crippen LogP contribution in [0.4, 0.5) is 5.69 Å². The normalized spacial score (nSPS) is 14.6. The summed E-state index contributed by atoms with van der Waals surface area (Å²) in [4.78, 5) is 4.62. The topological polar surface area (TPSA) is 37.2 Å². The van der Waals surface area contributed by atoms with Gasteiger partial charge in [0.05, 0.1) is 0 Å². The summed E-state index contributed by atoms with van der Waals surface area (Å²) in [6.07, 6.45) is 7.41. The Morgan fingerprint density at radius 3 is 2.47 bits per heavy atom. The van der Waals surface area contributed by atoms with Crippen LogP contribution in [0.15, 0.2) is 60.7 Å². The monoisotopic (exact) mass is 401 g/mol. The van der Waals surface area contributed by atoms with Crippen molar-refractivity contribution in [2.45, 2.75) is 25.8 Å². The molecule has 5 heteroatoms. The molecule has 0 bridgehead atoms. The van der Waals surface area contributed by atoms with E-state index in [9.17, 15) is 0 Å². The molecule has 0 aliphatic carbocycles. The van der Waals surface area contributed by atoms with E-state index in [-0.39, 0.29) is 0 Å². The number of aryl methyl sites for hydroxylation is 2. The second kappa shape index (κ2) is 9.72. The first-order valence-corrected chi connectivity index (χ1v) is 10.8. The van der Waals surface area contributed by atoms with Gasteiger partial charge in [0.2, 0.25) is 0 Å². The highest BCUT2D eigenvalue weighted by atomic mass is 15.3. The van der Waals surface area contributed by atoms with Crippen molar-refractivity contribution in [2.75, 3.05) is 38.6 Å². The summed E-state index contributed by atoms with van der Waals surface area (Å²) in [5.41, 5.74) is 3.83. The van der Waals surface area contributed by atoms with Crippen molar-refractivity contribution in [1.29, 1.82) is 0 Å². The molecule has 1 aliphatic rings. The highest BCUT2D eigenvalue weighted by molar-refractivity contribution is 5.55. The number of aromatic nitrogens is 3. The van der Waals surface area contributed by atoms with Crippen LogP contribution in [0.25, 0.3) is 6.08 Å². The number of rotatable bonds is 7. The Labute approximate surface area is 179 Å². The summed E-state index contributed by atoms with van der Waals surface area (Å²) in [6, 6.07) is 19.3. The van der Waals surface area contributed by atoms with Crippen LogP contribution < -0.4 is 4.90 Å². The first-order chi connectivity index (χ1) is 14.7. The molecule has 2 aromatic carbocycles. The summed E-state index contributed by atoms with van der Waals surface area (Å²) in [5.74, 6) is 2.25. The average molecular weight is 402 g/mol. The first-order valence-electron chi connectivity index (χ1n) is 10.8. The Balaban J connectivity index is 1.30. The molecule has 0 spiro atoms. The summed E-state index contributed by atoms with van der Waals surface area (Å²) in [5, 5.41) is 8.96. The quantitative estimate of drug-likeness (QED) is 0.605. The van der Waals surface area contributed by atoms with Crippen molar-refractivity contribution in [3.05, 3.63) is 83.4 Å². The predicted molar refractivity (Wildman–Crippen MR) is 124 cm³/mol. The second-order valence-corrected chi connectivity index (χ2v) is 8.11. The Bertz CT molecular complexity index is 957. The molecule has 1 aromatic heterocycles. The maximum absolute atomic E-state index is 4.48. The van der Waals surface area contributed by atoms with Crippen LogP contribution >= 0.6 is 0 Å². The third-order valence-electron chi connectivity index (χ3n) is 5.76. The van der Waals surface area contributed by atoms with Crippen LogP contribution in [-0.2, 0) is 25.8 Å². The van der Waals surface area contributed by atoms with E-state index in [0.29, 0.717) is 0 Å². The number of hydrogen-bond acceptors (Lipinski definition) is 4. The van der Waals surface area contributed by atoms with E-state index in [0.717, 1.165) is 57.1 Å². The van der Waals surface area contributed by atoms with Crippen molar-refractivity contribution in [3.63, 3.8) is 0 Å². The second-order valence-electron chi connectivity index (χ2n) is 8.11. The lowest BCUT2D eigenvalue weighted by atomic mass is 10.1. The average Bonchev–Trinajstić information content (AvgIpc) is 3.05. The number of hydrogen-bond donors (Lipinski definition) is 0. The molecule has 156 valence electrons. The van der Waals surface area contributed by atoms with Crippen molar-refractivity contribution in [1.82, 2.24) is 19.7 Å². The summed E-state index contributed by atoms with van der Waals surface area (Å²) >= 11 is 0. The molecule has 30 heavy (non-hydrogen) atoms. The molecular formula is C25H31N5. The number of fused-ring (bicyclic) bond motifs is 1. The van der Waals surface area contributed by atoms with Gasteiger partial charge >= 0.3 is 0 Å². The van der Waals surface area contributed by atoms with Crippen molar-refractivity contribution >= 4 is 11.8 Å². The molecule has 0 N–H and O–H groups in total. The number of anilines is 1. The number of nitrogens with zero attached hydrogens (tertiary/aromatic N) is 5. The third-order valence-corrected chi connectivity index (χ3v) is 5.76. The van der Waals surface area contributed by atoms with Gasteiger partial charge in [0, 0.05) is 58.8 Å². The minimum absolute atomic E-state index is 0.944. The molecule has 0 amide bonds. The van der Waals surface area contributed by atoms with E-state index < -0.39 is 0 Å². The van der Waals surface area contributed by atoms with E-state index in [2.05, 4.69) is 105 Å². The van der Waals surface area contributed by atoms with Gasteiger partial charge in [-0.1, -0.05) is 54.6 Å². The third kappa shape index (κ3) is 5.16. The largest absolute Gasteiger partial charge is 0.378 e. The van der Waals surface area contributed by atoms with Crippen LogP contribution in [0.5, 0.6) is 0 Å².